The van der Waals surface area contributed by atoms with Gasteiger partial charge in [-0.1, -0.05) is 64.7 Å². The molecule has 0 fully saturated rings. The van der Waals surface area contributed by atoms with E-state index in [0.717, 1.165) is 0 Å². The first-order chi connectivity index (χ1) is 10.0. The molecule has 0 amide bonds. The summed E-state index contributed by atoms with van der Waals surface area (Å²) in [4.78, 5) is 11.2. The number of hydrogen-bond acceptors (Lipinski definition) is 2. The summed E-state index contributed by atoms with van der Waals surface area (Å²) in [5, 5.41) is 9.35. The molecule has 0 saturated heterocycles. The van der Waals surface area contributed by atoms with Gasteiger partial charge in [-0.05, 0) is 28.8 Å². The van der Waals surface area contributed by atoms with Gasteiger partial charge in [-0.25, -0.2) is 4.79 Å². The molecule has 0 spiro atoms. The largest absolute Gasteiger partial charge is 0.543 e. The second-order valence-corrected chi connectivity index (χ2v) is 12.7. The van der Waals surface area contributed by atoms with Gasteiger partial charge in [0.05, 0.1) is 15.6 Å². The first-order valence-electron chi connectivity index (χ1n) is 7.45. The Hall–Kier alpha value is -0.423. The first-order valence-corrected chi connectivity index (χ1v) is 10.3. The fraction of sp³-hybridized carbons (Fsp3) is 0.562. The van der Waals surface area contributed by atoms with Crippen molar-refractivity contribution in [1.29, 1.82) is 0 Å². The van der Waals surface area contributed by atoms with Crippen molar-refractivity contribution in [1.82, 2.24) is 0 Å². The molecule has 1 aromatic carbocycles. The number of carboxylic acid groups (broad SMARTS) is 1. The lowest BCUT2D eigenvalue weighted by Gasteiger charge is -2.42. The van der Waals surface area contributed by atoms with Crippen molar-refractivity contribution in [3.63, 3.8) is 0 Å². The minimum Gasteiger partial charge on any atom is -0.543 e. The third-order valence-corrected chi connectivity index (χ3v) is 10.8. The Kier molecular flexibility index (Phi) is 8.45. The zero-order chi connectivity index (χ0) is 17.2. The van der Waals surface area contributed by atoms with Crippen LogP contribution in [0.4, 0.5) is 0 Å². The molecule has 1 N–H and O–H groups in total. The molecule has 0 bridgehead atoms. The first kappa shape index (κ1) is 22.6. The van der Waals surface area contributed by atoms with Crippen molar-refractivity contribution in [2.75, 3.05) is 0 Å². The summed E-state index contributed by atoms with van der Waals surface area (Å²) in [6.07, 6.45) is 0. The van der Waals surface area contributed by atoms with Crippen LogP contribution < -0.4 is 4.43 Å². The quantitative estimate of drug-likeness (QED) is 0.543. The van der Waals surface area contributed by atoms with Crippen molar-refractivity contribution in [2.45, 2.75) is 58.2 Å². The molecule has 0 aliphatic carbocycles. The van der Waals surface area contributed by atoms with Crippen LogP contribution in [0, 0.1) is 0 Å². The summed E-state index contributed by atoms with van der Waals surface area (Å²) < 4.78 is 6.46. The topological polar surface area (TPSA) is 46.5 Å². The van der Waals surface area contributed by atoms with Crippen LogP contribution in [0.25, 0.3) is 0 Å². The van der Waals surface area contributed by atoms with Crippen LogP contribution in [0.2, 0.25) is 26.7 Å². The van der Waals surface area contributed by atoms with Crippen molar-refractivity contribution in [3.05, 3.63) is 27.7 Å². The van der Waals surface area contributed by atoms with Gasteiger partial charge in [0.15, 0.2) is 0 Å². The average molecular weight is 400 g/mol. The summed E-state index contributed by atoms with van der Waals surface area (Å²) in [5.74, 6) is -0.579. The van der Waals surface area contributed by atoms with Crippen LogP contribution in [0.15, 0.2) is 12.1 Å². The number of rotatable bonds is 6. The lowest BCUT2D eigenvalue weighted by molar-refractivity contribution is 0.0697. The zero-order valence-electron chi connectivity index (χ0n) is 14.3. The van der Waals surface area contributed by atoms with Crippen molar-refractivity contribution in [3.8, 4) is 5.75 Å². The Balaban J connectivity index is 0.00000484. The monoisotopic (exact) mass is 398 g/mol. The highest BCUT2D eigenvalue weighted by Crippen LogP contribution is 2.43. The van der Waals surface area contributed by atoms with Crippen LogP contribution >= 0.6 is 35.6 Å². The molecule has 0 heterocycles. The molecule has 23 heavy (non-hydrogen) atoms. The van der Waals surface area contributed by atoms with Gasteiger partial charge in [0.1, 0.15) is 5.75 Å². The van der Waals surface area contributed by atoms with Crippen LogP contribution in [0.3, 0.4) is 0 Å². The third kappa shape index (κ3) is 4.56. The second-order valence-electron chi connectivity index (χ2n) is 6.49. The van der Waals surface area contributed by atoms with Gasteiger partial charge < -0.3 is 9.53 Å². The highest BCUT2D eigenvalue weighted by Gasteiger charge is 2.47. The molecule has 0 atom stereocenters. The van der Waals surface area contributed by atoms with Crippen LogP contribution in [0.5, 0.6) is 5.75 Å². The van der Waals surface area contributed by atoms with E-state index in [-0.39, 0.29) is 28.0 Å². The molecule has 0 radical (unpaired) electrons. The highest BCUT2D eigenvalue weighted by molar-refractivity contribution is 6.78. The smallest absolute Gasteiger partial charge is 0.338 e. The maximum atomic E-state index is 11.2. The predicted molar refractivity (Wildman–Crippen MR) is 102 cm³/mol. The molecule has 3 nitrogen and oxygen atoms in total. The standard InChI is InChI=1S/C16H24Cl2O3Si.ClH/c1-9(2)22(10(3)4,11(5)6)21-12-7-13(17)15(16(19)20)14(18)8-12;/h7-11H,1-6H3,(H,19,20);1H. The van der Waals surface area contributed by atoms with Crippen LogP contribution in [-0.2, 0) is 0 Å². The number of halogens is 3. The van der Waals surface area contributed by atoms with Gasteiger partial charge in [-0.15, -0.1) is 12.4 Å². The van der Waals surface area contributed by atoms with Crippen molar-refractivity contribution in [2.24, 2.45) is 0 Å². The fourth-order valence-corrected chi connectivity index (χ4v) is 9.23. The molecule has 0 saturated carbocycles. The Labute approximate surface area is 155 Å². The van der Waals surface area contributed by atoms with E-state index in [4.69, 9.17) is 32.7 Å². The maximum Gasteiger partial charge on any atom is 0.338 e. The predicted octanol–water partition coefficient (Wildman–Crippen LogP) is 6.67. The Morgan fingerprint density at radius 1 is 1.00 bits per heavy atom. The van der Waals surface area contributed by atoms with Gasteiger partial charge in [0, 0.05) is 0 Å². The Morgan fingerprint density at radius 2 is 1.35 bits per heavy atom. The van der Waals surface area contributed by atoms with Gasteiger partial charge in [0.25, 0.3) is 8.32 Å². The minimum absolute atomic E-state index is 0. The molecular formula is C16H25Cl3O3Si. The van der Waals surface area contributed by atoms with E-state index in [1.807, 2.05) is 0 Å². The fourth-order valence-electron chi connectivity index (χ4n) is 3.37. The molecule has 0 aromatic heterocycles. The van der Waals surface area contributed by atoms with E-state index in [1.54, 1.807) is 12.1 Å². The number of carbonyl (C=O) groups is 1. The van der Waals surface area contributed by atoms with E-state index < -0.39 is 14.3 Å². The van der Waals surface area contributed by atoms with Gasteiger partial charge >= 0.3 is 5.97 Å². The second kappa shape index (κ2) is 8.61. The van der Waals surface area contributed by atoms with Crippen LogP contribution in [-0.4, -0.2) is 19.4 Å². The molecule has 0 aliphatic rings. The van der Waals surface area contributed by atoms with E-state index in [1.165, 1.54) is 0 Å². The Morgan fingerprint density at radius 3 is 1.61 bits per heavy atom. The molecule has 0 aliphatic heterocycles. The third-order valence-electron chi connectivity index (χ3n) is 4.23. The molecule has 7 heteroatoms. The Bertz CT molecular complexity index is 515. The number of benzene rings is 1. The highest BCUT2D eigenvalue weighted by atomic mass is 35.5. The minimum atomic E-state index is -2.12. The normalized spacial score (nSPS) is 11.8. The summed E-state index contributed by atoms with van der Waals surface area (Å²) in [6, 6.07) is 3.12. The van der Waals surface area contributed by atoms with Gasteiger partial charge in [0.2, 0.25) is 0 Å². The maximum absolute atomic E-state index is 11.2. The van der Waals surface area contributed by atoms with Crippen molar-refractivity contribution >= 4 is 49.9 Å². The van der Waals surface area contributed by atoms with Crippen LogP contribution in [0.1, 0.15) is 51.9 Å². The number of aromatic carboxylic acids is 1. The summed E-state index contributed by atoms with van der Waals surface area (Å²) in [6.45, 7) is 13.1. The zero-order valence-corrected chi connectivity index (χ0v) is 17.6. The SMILES string of the molecule is CC(C)[Si](Oc1cc(Cl)c(C(=O)O)c(Cl)c1)(C(C)C)C(C)C.Cl. The van der Waals surface area contributed by atoms with Gasteiger partial charge in [-0.3, -0.25) is 0 Å². The summed E-state index contributed by atoms with van der Waals surface area (Å²) in [5.41, 5.74) is 1.14. The van der Waals surface area contributed by atoms with E-state index in [9.17, 15) is 4.79 Å². The van der Waals surface area contributed by atoms with E-state index in [0.29, 0.717) is 22.4 Å². The average Bonchev–Trinajstić information content (AvgIpc) is 2.32. The summed E-state index contributed by atoms with van der Waals surface area (Å²) >= 11 is 12.1. The number of carboxylic acids is 1. The lowest BCUT2D eigenvalue weighted by Crippen LogP contribution is -2.50. The summed E-state index contributed by atoms with van der Waals surface area (Å²) in [7, 11) is -2.12. The van der Waals surface area contributed by atoms with E-state index >= 15 is 0 Å². The molecule has 1 aromatic rings. The number of hydrogen-bond donors (Lipinski definition) is 1. The molecule has 132 valence electrons. The lowest BCUT2D eigenvalue weighted by atomic mass is 10.2. The molecule has 0 unspecified atom stereocenters. The molecular weight excluding hydrogens is 375 g/mol. The van der Waals surface area contributed by atoms with E-state index in [2.05, 4.69) is 41.5 Å². The van der Waals surface area contributed by atoms with Crippen molar-refractivity contribution < 1.29 is 14.3 Å². The van der Waals surface area contributed by atoms with Gasteiger partial charge in [-0.2, -0.15) is 0 Å². The molecule has 1 rings (SSSR count).